The van der Waals surface area contributed by atoms with Crippen LogP contribution >= 0.6 is 0 Å². The van der Waals surface area contributed by atoms with Gasteiger partial charge in [0.2, 0.25) is 0 Å². The predicted molar refractivity (Wildman–Crippen MR) is 69.0 cm³/mol. The second-order valence-electron chi connectivity index (χ2n) is 5.32. The molecule has 0 aromatic heterocycles. The molecule has 92 valence electrons. The molecule has 0 heterocycles. The molecule has 0 aliphatic rings. The summed E-state index contributed by atoms with van der Waals surface area (Å²) in [5, 5.41) is 0. The lowest BCUT2D eigenvalue weighted by Crippen LogP contribution is -2.40. The average molecular weight is 214 g/mol. The lowest BCUT2D eigenvalue weighted by atomic mass is 10.0. The number of unbranched alkanes of at least 4 members (excludes halogenated alkanes) is 1. The van der Waals surface area contributed by atoms with Gasteiger partial charge in [-0.15, -0.1) is 0 Å². The van der Waals surface area contributed by atoms with Gasteiger partial charge < -0.3 is 10.6 Å². The molecule has 0 aromatic carbocycles. The molecule has 2 unspecified atom stereocenters. The van der Waals surface area contributed by atoms with E-state index in [9.17, 15) is 0 Å². The van der Waals surface area contributed by atoms with E-state index >= 15 is 0 Å². The minimum Gasteiger partial charge on any atom is -0.327 e. The first kappa shape index (κ1) is 14.9. The lowest BCUT2D eigenvalue weighted by molar-refractivity contribution is 0.212. The van der Waals surface area contributed by atoms with E-state index in [4.69, 9.17) is 5.73 Å². The molecule has 0 radical (unpaired) electrons. The van der Waals surface area contributed by atoms with Crippen LogP contribution < -0.4 is 5.73 Å². The lowest BCUT2D eigenvalue weighted by Gasteiger charge is -2.28. The van der Waals surface area contributed by atoms with Crippen LogP contribution in [0.1, 0.15) is 53.4 Å². The van der Waals surface area contributed by atoms with Crippen LogP contribution in [-0.4, -0.2) is 30.6 Å². The van der Waals surface area contributed by atoms with Crippen LogP contribution in [0.4, 0.5) is 0 Å². The summed E-state index contributed by atoms with van der Waals surface area (Å²) in [6, 6.07) is 1.00. The largest absolute Gasteiger partial charge is 0.327 e. The van der Waals surface area contributed by atoms with Gasteiger partial charge in [0.15, 0.2) is 0 Å². The van der Waals surface area contributed by atoms with Crippen LogP contribution in [0, 0.1) is 5.92 Å². The standard InChI is InChI=1S/C13H30N2/c1-6-7-8-13(14)10-15(5)12(4)9-11(2)3/h11-13H,6-10,14H2,1-5H3. The number of hydrogen-bond donors (Lipinski definition) is 1. The fourth-order valence-electron chi connectivity index (χ4n) is 1.97. The quantitative estimate of drug-likeness (QED) is 0.673. The van der Waals surface area contributed by atoms with Gasteiger partial charge in [-0.05, 0) is 32.7 Å². The zero-order chi connectivity index (χ0) is 11.8. The molecule has 0 saturated heterocycles. The maximum Gasteiger partial charge on any atom is 0.0167 e. The van der Waals surface area contributed by atoms with Crippen LogP contribution in [-0.2, 0) is 0 Å². The number of nitrogens with zero attached hydrogens (tertiary/aromatic N) is 1. The smallest absolute Gasteiger partial charge is 0.0167 e. The summed E-state index contributed by atoms with van der Waals surface area (Å²) < 4.78 is 0. The molecule has 2 atom stereocenters. The Balaban J connectivity index is 3.74. The second kappa shape index (κ2) is 8.12. The van der Waals surface area contributed by atoms with E-state index in [0.717, 1.165) is 18.9 Å². The third kappa shape index (κ3) is 7.80. The van der Waals surface area contributed by atoms with Crippen LogP contribution in [0.3, 0.4) is 0 Å². The molecule has 0 aliphatic heterocycles. The fourth-order valence-corrected chi connectivity index (χ4v) is 1.97. The van der Waals surface area contributed by atoms with Gasteiger partial charge >= 0.3 is 0 Å². The molecule has 0 fully saturated rings. The van der Waals surface area contributed by atoms with Crippen molar-refractivity contribution >= 4 is 0 Å². The van der Waals surface area contributed by atoms with Gasteiger partial charge in [0, 0.05) is 18.6 Å². The number of likely N-dealkylation sites (N-methyl/N-ethyl adjacent to an activating group) is 1. The second-order valence-corrected chi connectivity index (χ2v) is 5.32. The summed E-state index contributed by atoms with van der Waals surface area (Å²) in [6.45, 7) is 10.1. The number of nitrogens with two attached hydrogens (primary N) is 1. The highest BCUT2D eigenvalue weighted by Gasteiger charge is 2.13. The van der Waals surface area contributed by atoms with E-state index in [1.54, 1.807) is 0 Å². The Bertz CT molecular complexity index is 145. The molecular weight excluding hydrogens is 184 g/mol. The van der Waals surface area contributed by atoms with E-state index in [1.807, 2.05) is 0 Å². The molecule has 2 heteroatoms. The molecule has 15 heavy (non-hydrogen) atoms. The normalized spacial score (nSPS) is 16.0. The molecular formula is C13H30N2. The molecule has 0 bridgehead atoms. The Morgan fingerprint density at radius 2 is 1.80 bits per heavy atom. The topological polar surface area (TPSA) is 29.3 Å². The Kier molecular flexibility index (Phi) is 8.07. The molecule has 0 spiro atoms. The molecule has 2 N–H and O–H groups in total. The molecule has 0 aliphatic carbocycles. The van der Waals surface area contributed by atoms with Gasteiger partial charge in [-0.1, -0.05) is 33.6 Å². The minimum absolute atomic E-state index is 0.351. The van der Waals surface area contributed by atoms with Gasteiger partial charge in [0.1, 0.15) is 0 Å². The number of rotatable bonds is 8. The van der Waals surface area contributed by atoms with Crippen molar-refractivity contribution in [3.05, 3.63) is 0 Å². The van der Waals surface area contributed by atoms with Crippen LogP contribution in [0.5, 0.6) is 0 Å². The Morgan fingerprint density at radius 1 is 1.20 bits per heavy atom. The van der Waals surface area contributed by atoms with E-state index in [0.29, 0.717) is 12.1 Å². The highest BCUT2D eigenvalue weighted by molar-refractivity contribution is 4.71. The zero-order valence-corrected chi connectivity index (χ0v) is 11.3. The van der Waals surface area contributed by atoms with Gasteiger partial charge in [-0.2, -0.15) is 0 Å². The van der Waals surface area contributed by atoms with Crippen molar-refractivity contribution in [2.45, 2.75) is 65.5 Å². The first-order valence-corrected chi connectivity index (χ1v) is 6.43. The summed E-state index contributed by atoms with van der Waals surface area (Å²) in [6.07, 6.45) is 4.93. The van der Waals surface area contributed by atoms with E-state index in [-0.39, 0.29) is 0 Å². The Hall–Kier alpha value is -0.0800. The summed E-state index contributed by atoms with van der Waals surface area (Å²) >= 11 is 0. The summed E-state index contributed by atoms with van der Waals surface area (Å²) in [5.74, 6) is 0.773. The number of hydrogen-bond acceptors (Lipinski definition) is 2. The predicted octanol–water partition coefficient (Wildman–Crippen LogP) is 2.87. The van der Waals surface area contributed by atoms with Crippen LogP contribution in [0.25, 0.3) is 0 Å². The monoisotopic (exact) mass is 214 g/mol. The first-order valence-electron chi connectivity index (χ1n) is 6.43. The summed E-state index contributed by atoms with van der Waals surface area (Å²) in [4.78, 5) is 2.40. The van der Waals surface area contributed by atoms with Crippen molar-refractivity contribution in [1.29, 1.82) is 0 Å². The average Bonchev–Trinajstić information content (AvgIpc) is 2.13. The fraction of sp³-hybridized carbons (Fsp3) is 1.00. The van der Waals surface area contributed by atoms with Crippen molar-refractivity contribution in [2.75, 3.05) is 13.6 Å². The SMILES string of the molecule is CCCCC(N)CN(C)C(C)CC(C)C. The molecule has 0 amide bonds. The van der Waals surface area contributed by atoms with Crippen molar-refractivity contribution in [3.63, 3.8) is 0 Å². The van der Waals surface area contributed by atoms with Gasteiger partial charge in [0.25, 0.3) is 0 Å². The molecule has 0 aromatic rings. The van der Waals surface area contributed by atoms with E-state index in [1.165, 1.54) is 19.3 Å². The minimum atomic E-state index is 0.351. The zero-order valence-electron chi connectivity index (χ0n) is 11.3. The van der Waals surface area contributed by atoms with Crippen molar-refractivity contribution in [3.8, 4) is 0 Å². The van der Waals surface area contributed by atoms with Crippen LogP contribution in [0.2, 0.25) is 0 Å². The van der Waals surface area contributed by atoms with Crippen LogP contribution in [0.15, 0.2) is 0 Å². The van der Waals surface area contributed by atoms with Gasteiger partial charge in [0.05, 0.1) is 0 Å². The van der Waals surface area contributed by atoms with Crippen molar-refractivity contribution < 1.29 is 0 Å². The van der Waals surface area contributed by atoms with E-state index in [2.05, 4.69) is 39.6 Å². The van der Waals surface area contributed by atoms with E-state index < -0.39 is 0 Å². The Morgan fingerprint density at radius 3 is 2.27 bits per heavy atom. The maximum atomic E-state index is 6.09. The third-order valence-corrected chi connectivity index (χ3v) is 3.02. The summed E-state index contributed by atoms with van der Waals surface area (Å²) in [5.41, 5.74) is 6.09. The third-order valence-electron chi connectivity index (χ3n) is 3.02. The van der Waals surface area contributed by atoms with Crippen molar-refractivity contribution in [1.82, 2.24) is 4.90 Å². The van der Waals surface area contributed by atoms with Gasteiger partial charge in [-0.3, -0.25) is 0 Å². The molecule has 0 saturated carbocycles. The highest BCUT2D eigenvalue weighted by Crippen LogP contribution is 2.10. The van der Waals surface area contributed by atoms with Crippen molar-refractivity contribution in [2.24, 2.45) is 11.7 Å². The highest BCUT2D eigenvalue weighted by atomic mass is 15.1. The first-order chi connectivity index (χ1) is 6.97. The molecule has 2 nitrogen and oxygen atoms in total. The maximum absolute atomic E-state index is 6.09. The summed E-state index contributed by atoms with van der Waals surface area (Å²) in [7, 11) is 2.19. The van der Waals surface area contributed by atoms with Gasteiger partial charge in [-0.25, -0.2) is 0 Å². The molecule has 0 rings (SSSR count). The Labute approximate surface area is 96.2 Å².